The molecule has 2 rings (SSSR count). The van der Waals surface area contributed by atoms with E-state index in [4.69, 9.17) is 25.8 Å². The Hall–Kier alpha value is -1.76. The van der Waals surface area contributed by atoms with Crippen LogP contribution in [0.25, 0.3) is 0 Å². The Balaban J connectivity index is 1.93. The topological polar surface area (TPSA) is 123 Å². The molecule has 1 aromatic carbocycles. The van der Waals surface area contributed by atoms with Crippen LogP contribution in [0.1, 0.15) is 0 Å². The summed E-state index contributed by atoms with van der Waals surface area (Å²) in [4.78, 5) is 23.8. The van der Waals surface area contributed by atoms with Crippen molar-refractivity contribution in [2.45, 2.75) is 17.4 Å². The molecule has 0 unspecified atom stereocenters. The highest BCUT2D eigenvalue weighted by atomic mass is 35.5. The SMILES string of the molecule is COC(CNC(=O)C(=O)NC[C@H]1OCCN1S(=O)(=O)c1ccc(Cl)cc1)OC. The van der Waals surface area contributed by atoms with E-state index in [-0.39, 0.29) is 31.1 Å². The van der Waals surface area contributed by atoms with Gasteiger partial charge >= 0.3 is 11.8 Å². The normalized spacial score (nSPS) is 17.6. The Morgan fingerprint density at radius 2 is 1.82 bits per heavy atom. The summed E-state index contributed by atoms with van der Waals surface area (Å²) >= 11 is 5.79. The van der Waals surface area contributed by atoms with E-state index in [0.717, 1.165) is 4.31 Å². The molecule has 1 fully saturated rings. The molecule has 0 aliphatic carbocycles. The fraction of sp³-hybridized carbons (Fsp3) is 0.500. The van der Waals surface area contributed by atoms with Gasteiger partial charge in [-0.2, -0.15) is 4.31 Å². The molecular formula is C16H22ClN3O7S. The molecule has 0 spiro atoms. The maximum atomic E-state index is 12.8. The van der Waals surface area contributed by atoms with Crippen LogP contribution in [0.15, 0.2) is 29.2 Å². The van der Waals surface area contributed by atoms with E-state index in [1.165, 1.54) is 38.5 Å². The van der Waals surface area contributed by atoms with Crippen molar-refractivity contribution >= 4 is 33.4 Å². The van der Waals surface area contributed by atoms with E-state index >= 15 is 0 Å². The third-order valence-electron chi connectivity index (χ3n) is 3.96. The molecule has 0 radical (unpaired) electrons. The van der Waals surface area contributed by atoms with Crippen molar-refractivity contribution in [3.05, 3.63) is 29.3 Å². The van der Waals surface area contributed by atoms with Gasteiger partial charge in [0.15, 0.2) is 6.29 Å². The summed E-state index contributed by atoms with van der Waals surface area (Å²) in [6.07, 6.45) is -1.61. The molecule has 0 aromatic heterocycles. The van der Waals surface area contributed by atoms with E-state index in [0.29, 0.717) is 5.02 Å². The zero-order valence-electron chi connectivity index (χ0n) is 15.4. The van der Waals surface area contributed by atoms with Crippen molar-refractivity contribution in [3.8, 4) is 0 Å². The van der Waals surface area contributed by atoms with E-state index in [9.17, 15) is 18.0 Å². The minimum atomic E-state index is -3.84. The van der Waals surface area contributed by atoms with Gasteiger partial charge in [0.05, 0.1) is 24.6 Å². The first-order valence-corrected chi connectivity index (χ1v) is 10.1. The Bertz CT molecular complexity index is 784. The zero-order chi connectivity index (χ0) is 20.7. The van der Waals surface area contributed by atoms with Gasteiger partial charge in [-0.05, 0) is 24.3 Å². The van der Waals surface area contributed by atoms with Crippen LogP contribution < -0.4 is 10.6 Å². The lowest BCUT2D eigenvalue weighted by atomic mass is 10.4. The number of ether oxygens (including phenoxy) is 3. The maximum Gasteiger partial charge on any atom is 0.309 e. The fourth-order valence-electron chi connectivity index (χ4n) is 2.46. The minimum Gasteiger partial charge on any atom is -0.359 e. The molecule has 28 heavy (non-hydrogen) atoms. The number of nitrogens with zero attached hydrogens (tertiary/aromatic N) is 1. The first kappa shape index (κ1) is 22.5. The molecule has 2 N–H and O–H groups in total. The van der Waals surface area contributed by atoms with Gasteiger partial charge in [0.1, 0.15) is 6.23 Å². The number of sulfonamides is 1. The van der Waals surface area contributed by atoms with Gasteiger partial charge in [0.2, 0.25) is 10.0 Å². The molecule has 156 valence electrons. The molecule has 2 amide bonds. The maximum absolute atomic E-state index is 12.8. The van der Waals surface area contributed by atoms with E-state index in [1.807, 2.05) is 0 Å². The molecule has 1 aliphatic heterocycles. The van der Waals surface area contributed by atoms with Gasteiger partial charge < -0.3 is 24.8 Å². The lowest BCUT2D eigenvalue weighted by Crippen LogP contribution is -2.48. The quantitative estimate of drug-likeness (QED) is 0.418. The average Bonchev–Trinajstić information content (AvgIpc) is 3.16. The van der Waals surface area contributed by atoms with Crippen LogP contribution in [0.4, 0.5) is 0 Å². The lowest BCUT2D eigenvalue weighted by molar-refractivity contribution is -0.142. The van der Waals surface area contributed by atoms with Gasteiger partial charge in [-0.25, -0.2) is 8.42 Å². The van der Waals surface area contributed by atoms with Gasteiger partial charge in [-0.3, -0.25) is 9.59 Å². The van der Waals surface area contributed by atoms with Crippen LogP contribution in [0.5, 0.6) is 0 Å². The second-order valence-electron chi connectivity index (χ2n) is 5.72. The van der Waals surface area contributed by atoms with Crippen LogP contribution in [0, 0.1) is 0 Å². The highest BCUT2D eigenvalue weighted by molar-refractivity contribution is 7.89. The highest BCUT2D eigenvalue weighted by Crippen LogP contribution is 2.23. The Kier molecular flexibility index (Phi) is 8.16. The number of hydrogen-bond acceptors (Lipinski definition) is 7. The van der Waals surface area contributed by atoms with E-state index < -0.39 is 34.4 Å². The molecule has 0 bridgehead atoms. The third kappa shape index (κ3) is 5.63. The Morgan fingerprint density at radius 3 is 2.43 bits per heavy atom. The molecule has 0 saturated carbocycles. The molecule has 12 heteroatoms. The highest BCUT2D eigenvalue weighted by Gasteiger charge is 2.36. The van der Waals surface area contributed by atoms with Crippen molar-refractivity contribution in [2.75, 3.05) is 40.5 Å². The van der Waals surface area contributed by atoms with Crippen LogP contribution in [0.2, 0.25) is 5.02 Å². The molecule has 10 nitrogen and oxygen atoms in total. The summed E-state index contributed by atoms with van der Waals surface area (Å²) in [6, 6.07) is 5.72. The number of carbonyl (C=O) groups excluding carboxylic acids is 2. The molecule has 1 aromatic rings. The second-order valence-corrected chi connectivity index (χ2v) is 8.04. The van der Waals surface area contributed by atoms with E-state index in [2.05, 4.69) is 10.6 Å². The van der Waals surface area contributed by atoms with Crippen LogP contribution in [-0.2, 0) is 33.8 Å². The van der Waals surface area contributed by atoms with Gasteiger partial charge in [-0.15, -0.1) is 0 Å². The van der Waals surface area contributed by atoms with Crippen molar-refractivity contribution in [3.63, 3.8) is 0 Å². The third-order valence-corrected chi connectivity index (χ3v) is 6.12. The number of methoxy groups -OCH3 is 2. The van der Waals surface area contributed by atoms with Crippen molar-refractivity contribution < 1.29 is 32.2 Å². The monoisotopic (exact) mass is 435 g/mol. The van der Waals surface area contributed by atoms with Gasteiger partial charge in [-0.1, -0.05) is 11.6 Å². The molecule has 1 atom stereocenters. The Labute approximate surface area is 168 Å². The summed E-state index contributed by atoms with van der Waals surface area (Å²) in [6.45, 7) is 0.0945. The van der Waals surface area contributed by atoms with Crippen LogP contribution >= 0.6 is 11.6 Å². The van der Waals surface area contributed by atoms with Gasteiger partial charge in [0, 0.05) is 25.8 Å². The number of halogens is 1. The van der Waals surface area contributed by atoms with Crippen molar-refractivity contribution in [1.82, 2.24) is 14.9 Å². The number of benzene rings is 1. The summed E-state index contributed by atoms with van der Waals surface area (Å²) in [7, 11) is -1.04. The molecular weight excluding hydrogens is 414 g/mol. The first-order valence-electron chi connectivity index (χ1n) is 8.30. The second kappa shape index (κ2) is 10.1. The zero-order valence-corrected chi connectivity index (χ0v) is 17.0. The summed E-state index contributed by atoms with van der Waals surface area (Å²) in [5, 5.41) is 5.12. The minimum absolute atomic E-state index is 0.0176. The van der Waals surface area contributed by atoms with Crippen molar-refractivity contribution in [2.24, 2.45) is 0 Å². The summed E-state index contributed by atoms with van der Waals surface area (Å²) in [5.74, 6) is -1.82. The predicted octanol–water partition coefficient (Wildman–Crippen LogP) is -0.462. The fourth-order valence-corrected chi connectivity index (χ4v) is 4.10. The smallest absolute Gasteiger partial charge is 0.309 e. The number of rotatable bonds is 8. The lowest BCUT2D eigenvalue weighted by Gasteiger charge is -2.23. The summed E-state index contributed by atoms with van der Waals surface area (Å²) < 4.78 is 41.8. The van der Waals surface area contributed by atoms with Crippen molar-refractivity contribution in [1.29, 1.82) is 0 Å². The van der Waals surface area contributed by atoms with E-state index in [1.54, 1.807) is 0 Å². The standard InChI is InChI=1S/C16H22ClN3O7S/c1-25-14(26-2)10-19-16(22)15(21)18-9-13-20(7-8-27-13)28(23,24)12-5-3-11(17)4-6-12/h3-6,13-14H,7-10H2,1-2H3,(H,18,21)(H,19,22)/t13-/m1/s1. The molecule has 1 saturated heterocycles. The largest absolute Gasteiger partial charge is 0.359 e. The number of nitrogens with one attached hydrogen (secondary N) is 2. The number of hydrogen-bond donors (Lipinski definition) is 2. The molecule has 1 heterocycles. The number of amides is 2. The summed E-state index contributed by atoms with van der Waals surface area (Å²) in [5.41, 5.74) is 0. The van der Waals surface area contributed by atoms with Crippen LogP contribution in [0.3, 0.4) is 0 Å². The first-order chi connectivity index (χ1) is 13.3. The molecule has 1 aliphatic rings. The van der Waals surface area contributed by atoms with Crippen LogP contribution in [-0.4, -0.2) is 77.5 Å². The Morgan fingerprint density at radius 1 is 1.21 bits per heavy atom. The van der Waals surface area contributed by atoms with Gasteiger partial charge in [0.25, 0.3) is 0 Å². The number of carbonyl (C=O) groups is 2. The predicted molar refractivity (Wildman–Crippen MR) is 98.9 cm³/mol. The average molecular weight is 436 g/mol.